The highest BCUT2D eigenvalue weighted by atomic mass is 31.2. The number of carbonyl (C=O) groups excluding carboxylic acids is 1. The van der Waals surface area contributed by atoms with Gasteiger partial charge in [0.2, 0.25) is 0 Å². The normalized spacial score (nSPS) is 12.9. The highest BCUT2D eigenvalue weighted by Gasteiger charge is 2.26. The Bertz CT molecular complexity index is 769. The predicted molar refractivity (Wildman–Crippen MR) is 137 cm³/mol. The molecule has 0 radical (unpaired) electrons. The van der Waals surface area contributed by atoms with Gasteiger partial charge in [-0.25, -0.2) is 4.67 Å². The van der Waals surface area contributed by atoms with Gasteiger partial charge in [-0.15, -0.1) is 0 Å². The molecular weight excluding hydrogens is 435 g/mol. The summed E-state index contributed by atoms with van der Waals surface area (Å²) in [7, 11) is 0.480. The second kappa shape index (κ2) is 16.7. The van der Waals surface area contributed by atoms with E-state index in [1.165, 1.54) is 0 Å². The average molecular weight is 477 g/mol. The third kappa shape index (κ3) is 10.8. The number of unbranched alkanes of at least 4 members (excludes halogenated alkanes) is 3. The number of aliphatic imine (C=N–C) groups is 1. The van der Waals surface area contributed by atoms with Crippen LogP contribution < -0.4 is 5.32 Å². The number of rotatable bonds is 16. The summed E-state index contributed by atoms with van der Waals surface area (Å²) < 4.78 is 14.3. The Labute approximate surface area is 201 Å². The van der Waals surface area contributed by atoms with E-state index in [4.69, 9.17) is 14.3 Å². The Balaban J connectivity index is 2.42. The molecule has 0 heterocycles. The number of hydrogen-bond donors (Lipinski definition) is 1. The number of nitrogens with one attached hydrogen (secondary N) is 1. The van der Waals surface area contributed by atoms with Crippen molar-refractivity contribution in [3.8, 4) is 6.07 Å². The van der Waals surface area contributed by atoms with Gasteiger partial charge in [-0.2, -0.15) is 5.26 Å². The summed E-state index contributed by atoms with van der Waals surface area (Å²) in [5.41, 5.74) is 2.43. The first-order chi connectivity index (χ1) is 15.8. The van der Waals surface area contributed by atoms with Crippen LogP contribution >= 0.6 is 8.53 Å². The standard InChI is InChI=1S/C25H41N4O3P/c1-20(2)29(21(3)4)33(32-19-13-16-26)31-18-12-8-7-11-17-28-22(5)23-14-9-10-15-24(23)25(30)27-6/h9-10,14-15,20-21H,7-8,11-13,17-19H2,1-6H3,(H,27,30). The van der Waals surface area contributed by atoms with Gasteiger partial charge in [-0.05, 0) is 53.5 Å². The number of hydrogen-bond acceptors (Lipinski definition) is 6. The van der Waals surface area contributed by atoms with E-state index in [1.54, 1.807) is 7.05 Å². The minimum absolute atomic E-state index is 0.0924. The lowest BCUT2D eigenvalue weighted by molar-refractivity contribution is 0.0963. The molecule has 0 aliphatic rings. The van der Waals surface area contributed by atoms with E-state index < -0.39 is 8.53 Å². The molecular formula is C25H41N4O3P. The predicted octanol–water partition coefficient (Wildman–Crippen LogP) is 5.71. The van der Waals surface area contributed by atoms with Crippen molar-refractivity contribution in [3.05, 3.63) is 35.4 Å². The van der Waals surface area contributed by atoms with Gasteiger partial charge >= 0.3 is 0 Å². The molecule has 0 aliphatic heterocycles. The maximum Gasteiger partial charge on any atom is 0.259 e. The number of nitrogens with zero attached hydrogens (tertiary/aromatic N) is 3. The largest absolute Gasteiger partial charge is 0.355 e. The summed E-state index contributed by atoms with van der Waals surface area (Å²) in [5.74, 6) is -0.0924. The molecule has 1 atom stereocenters. The van der Waals surface area contributed by atoms with Crippen LogP contribution in [0.25, 0.3) is 0 Å². The van der Waals surface area contributed by atoms with E-state index in [0.717, 1.165) is 43.5 Å². The molecule has 8 heteroatoms. The van der Waals surface area contributed by atoms with Crippen LogP contribution in [-0.2, 0) is 9.05 Å². The van der Waals surface area contributed by atoms with Crippen molar-refractivity contribution in [2.75, 3.05) is 26.8 Å². The molecule has 0 bridgehead atoms. The maximum absolute atomic E-state index is 12.1. The first kappa shape index (κ1) is 29.2. The van der Waals surface area contributed by atoms with Crippen molar-refractivity contribution in [1.29, 1.82) is 5.26 Å². The van der Waals surface area contributed by atoms with E-state index in [1.807, 2.05) is 31.2 Å². The quantitative estimate of drug-likeness (QED) is 0.188. The lowest BCUT2D eigenvalue weighted by Gasteiger charge is -2.35. The van der Waals surface area contributed by atoms with Crippen LogP contribution in [0.3, 0.4) is 0 Å². The Morgan fingerprint density at radius 3 is 2.27 bits per heavy atom. The molecule has 0 fully saturated rings. The van der Waals surface area contributed by atoms with Gasteiger partial charge in [0.05, 0.1) is 25.7 Å². The number of carbonyl (C=O) groups is 1. The van der Waals surface area contributed by atoms with Crippen molar-refractivity contribution in [2.45, 2.75) is 78.8 Å². The highest BCUT2D eigenvalue weighted by Crippen LogP contribution is 2.46. The van der Waals surface area contributed by atoms with Gasteiger partial charge in [-0.3, -0.25) is 9.79 Å². The molecule has 0 aliphatic carbocycles. The zero-order chi connectivity index (χ0) is 24.6. The Hall–Kier alpha value is -1.84. The molecule has 1 rings (SSSR count). The van der Waals surface area contributed by atoms with Crippen LogP contribution in [0.15, 0.2) is 29.3 Å². The molecule has 0 saturated carbocycles. The Morgan fingerprint density at radius 2 is 1.67 bits per heavy atom. The van der Waals surface area contributed by atoms with Gasteiger partial charge in [0.25, 0.3) is 14.4 Å². The van der Waals surface area contributed by atoms with Crippen molar-refractivity contribution in [1.82, 2.24) is 9.99 Å². The molecule has 184 valence electrons. The van der Waals surface area contributed by atoms with Gasteiger partial charge in [-0.1, -0.05) is 31.0 Å². The second-order valence-electron chi connectivity index (χ2n) is 8.39. The highest BCUT2D eigenvalue weighted by molar-refractivity contribution is 7.44. The molecule has 0 aromatic heterocycles. The fourth-order valence-corrected chi connectivity index (χ4v) is 5.11. The van der Waals surface area contributed by atoms with E-state index in [9.17, 15) is 4.79 Å². The molecule has 0 spiro atoms. The molecule has 1 aromatic carbocycles. The summed E-state index contributed by atoms with van der Waals surface area (Å²) in [6, 6.07) is 10.3. The Morgan fingerprint density at radius 1 is 1.06 bits per heavy atom. The van der Waals surface area contributed by atoms with Crippen LogP contribution in [-0.4, -0.2) is 55.2 Å². The van der Waals surface area contributed by atoms with Crippen LogP contribution in [0.2, 0.25) is 0 Å². The van der Waals surface area contributed by atoms with Crippen LogP contribution in [0.1, 0.15) is 82.6 Å². The molecule has 1 aromatic rings. The van der Waals surface area contributed by atoms with E-state index in [-0.39, 0.29) is 5.91 Å². The third-order valence-corrected chi connectivity index (χ3v) is 7.16. The summed E-state index contributed by atoms with van der Waals surface area (Å²) in [5, 5.41) is 11.5. The number of nitriles is 1. The van der Waals surface area contributed by atoms with Gasteiger partial charge in [0, 0.05) is 42.5 Å². The number of amides is 1. The lowest BCUT2D eigenvalue weighted by atomic mass is 10.0. The zero-order valence-corrected chi connectivity index (χ0v) is 22.0. The van der Waals surface area contributed by atoms with E-state index >= 15 is 0 Å². The molecule has 1 amide bonds. The first-order valence-electron chi connectivity index (χ1n) is 11.9. The first-order valence-corrected chi connectivity index (χ1v) is 13.0. The second-order valence-corrected chi connectivity index (χ2v) is 9.84. The SMILES string of the molecule is CNC(=O)c1ccccc1C(C)=NCCCCCCOP(OCCC#N)N(C(C)C)C(C)C. The molecule has 0 saturated heterocycles. The maximum atomic E-state index is 12.1. The number of benzene rings is 1. The fourth-order valence-electron chi connectivity index (χ4n) is 3.49. The van der Waals surface area contributed by atoms with Crippen molar-refractivity contribution in [2.24, 2.45) is 4.99 Å². The molecule has 1 unspecified atom stereocenters. The van der Waals surface area contributed by atoms with Gasteiger partial charge in [0.15, 0.2) is 0 Å². The lowest BCUT2D eigenvalue weighted by Crippen LogP contribution is -2.33. The minimum Gasteiger partial charge on any atom is -0.355 e. The zero-order valence-electron chi connectivity index (χ0n) is 21.1. The van der Waals surface area contributed by atoms with E-state index in [0.29, 0.717) is 37.3 Å². The Kier molecular flexibility index (Phi) is 14.8. The summed E-state index contributed by atoms with van der Waals surface area (Å²) in [6.45, 7) is 12.3. The molecule has 1 N–H and O–H groups in total. The molecule has 7 nitrogen and oxygen atoms in total. The van der Waals surface area contributed by atoms with Gasteiger partial charge < -0.3 is 14.4 Å². The monoisotopic (exact) mass is 476 g/mol. The summed E-state index contributed by atoms with van der Waals surface area (Å²) in [4.78, 5) is 16.7. The smallest absolute Gasteiger partial charge is 0.259 e. The average Bonchev–Trinajstić information content (AvgIpc) is 2.79. The van der Waals surface area contributed by atoms with E-state index in [2.05, 4.69) is 48.7 Å². The minimum atomic E-state index is -1.16. The summed E-state index contributed by atoms with van der Waals surface area (Å²) >= 11 is 0. The third-order valence-electron chi connectivity index (χ3n) is 5.05. The van der Waals surface area contributed by atoms with Crippen molar-refractivity contribution >= 4 is 20.1 Å². The summed E-state index contributed by atoms with van der Waals surface area (Å²) in [6.07, 6.45) is 4.47. The fraction of sp³-hybridized carbons (Fsp3) is 0.640. The van der Waals surface area contributed by atoms with Gasteiger partial charge in [0.1, 0.15) is 0 Å². The van der Waals surface area contributed by atoms with Crippen molar-refractivity contribution < 1.29 is 13.8 Å². The molecule has 33 heavy (non-hydrogen) atoms. The van der Waals surface area contributed by atoms with Crippen LogP contribution in [0.5, 0.6) is 0 Å². The van der Waals surface area contributed by atoms with Crippen LogP contribution in [0, 0.1) is 11.3 Å². The van der Waals surface area contributed by atoms with Crippen molar-refractivity contribution in [3.63, 3.8) is 0 Å². The van der Waals surface area contributed by atoms with Crippen LogP contribution in [0.4, 0.5) is 0 Å². The topological polar surface area (TPSA) is 87.0 Å².